The number of hydrogen-bond donors (Lipinski definition) is 1. The van der Waals surface area contributed by atoms with Gasteiger partial charge in [-0.1, -0.05) is 18.2 Å². The molecular formula is C20H16N4O. The molecule has 1 fully saturated rings. The summed E-state index contributed by atoms with van der Waals surface area (Å²) >= 11 is 0. The van der Waals surface area contributed by atoms with Gasteiger partial charge >= 0.3 is 0 Å². The van der Waals surface area contributed by atoms with E-state index in [0.29, 0.717) is 22.9 Å². The lowest BCUT2D eigenvalue weighted by molar-refractivity contribution is 0.101. The van der Waals surface area contributed by atoms with E-state index in [2.05, 4.69) is 16.5 Å². The maximum absolute atomic E-state index is 12.8. The van der Waals surface area contributed by atoms with E-state index in [1.54, 1.807) is 28.9 Å². The zero-order valence-electron chi connectivity index (χ0n) is 13.5. The normalized spacial score (nSPS) is 13.2. The SMILES string of the molecule is N#Cc1ccc(NC(=O)c2cc(C3CC3)nn2-c2ccccc2)cc1. The molecule has 3 aromatic rings. The van der Waals surface area contributed by atoms with Crippen LogP contribution in [0, 0.1) is 11.3 Å². The van der Waals surface area contributed by atoms with E-state index in [1.165, 1.54) is 0 Å². The summed E-state index contributed by atoms with van der Waals surface area (Å²) in [5, 5.41) is 16.4. The first-order chi connectivity index (χ1) is 12.2. The molecule has 1 aromatic heterocycles. The van der Waals surface area contributed by atoms with Crippen molar-refractivity contribution >= 4 is 11.6 Å². The lowest BCUT2D eigenvalue weighted by Gasteiger charge is -2.08. The van der Waals surface area contributed by atoms with E-state index in [4.69, 9.17) is 5.26 Å². The molecule has 1 amide bonds. The number of anilines is 1. The van der Waals surface area contributed by atoms with Crippen LogP contribution in [-0.2, 0) is 0 Å². The molecule has 4 rings (SSSR count). The van der Waals surface area contributed by atoms with Crippen LogP contribution in [0.2, 0.25) is 0 Å². The second-order valence-electron chi connectivity index (χ2n) is 6.12. The Morgan fingerprint density at radius 3 is 2.48 bits per heavy atom. The molecule has 122 valence electrons. The minimum Gasteiger partial charge on any atom is -0.321 e. The monoisotopic (exact) mass is 328 g/mol. The molecule has 0 saturated heterocycles. The fourth-order valence-electron chi connectivity index (χ4n) is 2.73. The highest BCUT2D eigenvalue weighted by Gasteiger charge is 2.29. The van der Waals surface area contributed by atoms with Crippen LogP contribution in [0.4, 0.5) is 5.69 Å². The molecule has 1 N–H and O–H groups in total. The molecular weight excluding hydrogens is 312 g/mol. The van der Waals surface area contributed by atoms with Gasteiger partial charge in [-0.3, -0.25) is 4.79 Å². The highest BCUT2D eigenvalue weighted by molar-refractivity contribution is 6.03. The van der Waals surface area contributed by atoms with Crippen molar-refractivity contribution in [2.75, 3.05) is 5.32 Å². The van der Waals surface area contributed by atoms with E-state index in [1.807, 2.05) is 36.4 Å². The lowest BCUT2D eigenvalue weighted by Crippen LogP contribution is -2.16. The summed E-state index contributed by atoms with van der Waals surface area (Å²) < 4.78 is 1.70. The largest absolute Gasteiger partial charge is 0.321 e. The number of nitrogens with zero attached hydrogens (tertiary/aromatic N) is 3. The number of nitrogens with one attached hydrogen (secondary N) is 1. The number of hydrogen-bond acceptors (Lipinski definition) is 3. The van der Waals surface area contributed by atoms with E-state index in [0.717, 1.165) is 24.2 Å². The van der Waals surface area contributed by atoms with Gasteiger partial charge < -0.3 is 5.32 Å². The van der Waals surface area contributed by atoms with Crippen LogP contribution < -0.4 is 5.32 Å². The molecule has 0 bridgehead atoms. The van der Waals surface area contributed by atoms with Crippen LogP contribution in [0.3, 0.4) is 0 Å². The topological polar surface area (TPSA) is 70.7 Å². The fourth-order valence-corrected chi connectivity index (χ4v) is 2.73. The summed E-state index contributed by atoms with van der Waals surface area (Å²) in [6.07, 6.45) is 2.25. The maximum atomic E-state index is 12.8. The predicted molar refractivity (Wildman–Crippen MR) is 94.6 cm³/mol. The number of carbonyl (C=O) groups excluding carboxylic acids is 1. The Kier molecular flexibility index (Phi) is 3.79. The number of carbonyl (C=O) groups is 1. The predicted octanol–water partition coefficient (Wildman–Crippen LogP) is 3.87. The third kappa shape index (κ3) is 3.15. The summed E-state index contributed by atoms with van der Waals surface area (Å²) in [5.74, 6) is 0.249. The third-order valence-electron chi connectivity index (χ3n) is 4.23. The number of rotatable bonds is 4. The molecule has 2 aromatic carbocycles. The van der Waals surface area contributed by atoms with Gasteiger partial charge in [0.1, 0.15) is 5.69 Å². The van der Waals surface area contributed by atoms with Crippen molar-refractivity contribution in [3.8, 4) is 11.8 Å². The van der Waals surface area contributed by atoms with Crippen LogP contribution in [0.25, 0.3) is 5.69 Å². The van der Waals surface area contributed by atoms with Crippen LogP contribution in [0.1, 0.15) is 40.5 Å². The molecule has 0 spiro atoms. The van der Waals surface area contributed by atoms with Gasteiger partial charge in [-0.25, -0.2) is 4.68 Å². The molecule has 0 unspecified atom stereocenters. The van der Waals surface area contributed by atoms with Crippen LogP contribution in [0.15, 0.2) is 60.7 Å². The smallest absolute Gasteiger partial charge is 0.274 e. The van der Waals surface area contributed by atoms with Crippen molar-refractivity contribution in [3.63, 3.8) is 0 Å². The summed E-state index contributed by atoms with van der Waals surface area (Å²) in [7, 11) is 0. The Hall–Kier alpha value is -3.39. The molecule has 1 saturated carbocycles. The van der Waals surface area contributed by atoms with Crippen molar-refractivity contribution in [2.45, 2.75) is 18.8 Å². The summed E-state index contributed by atoms with van der Waals surface area (Å²) in [6.45, 7) is 0. The highest BCUT2D eigenvalue weighted by Crippen LogP contribution is 2.39. The quantitative estimate of drug-likeness (QED) is 0.790. The molecule has 0 atom stereocenters. The zero-order valence-corrected chi connectivity index (χ0v) is 13.5. The summed E-state index contributed by atoms with van der Waals surface area (Å²) in [5.41, 5.74) is 3.55. The van der Waals surface area contributed by atoms with Gasteiger partial charge in [0, 0.05) is 11.6 Å². The standard InChI is InChI=1S/C20H16N4O/c21-13-14-6-10-16(11-7-14)22-20(25)19-12-18(15-8-9-15)23-24(19)17-4-2-1-3-5-17/h1-7,10-12,15H,8-9H2,(H,22,25). The fraction of sp³-hybridized carbons (Fsp3) is 0.150. The van der Waals surface area contributed by atoms with Crippen molar-refractivity contribution < 1.29 is 4.79 Å². The molecule has 1 aliphatic carbocycles. The van der Waals surface area contributed by atoms with Crippen molar-refractivity contribution in [2.24, 2.45) is 0 Å². The first-order valence-corrected chi connectivity index (χ1v) is 8.21. The molecule has 1 aliphatic rings. The number of amides is 1. The van der Waals surface area contributed by atoms with Gasteiger partial charge in [-0.2, -0.15) is 10.4 Å². The minimum atomic E-state index is -0.215. The Bertz CT molecular complexity index is 948. The summed E-state index contributed by atoms with van der Waals surface area (Å²) in [6, 6.07) is 20.4. The molecule has 1 heterocycles. The van der Waals surface area contributed by atoms with Crippen molar-refractivity contribution in [1.29, 1.82) is 5.26 Å². The van der Waals surface area contributed by atoms with E-state index >= 15 is 0 Å². The molecule has 0 aliphatic heterocycles. The Morgan fingerprint density at radius 2 is 1.84 bits per heavy atom. The first-order valence-electron chi connectivity index (χ1n) is 8.21. The summed E-state index contributed by atoms with van der Waals surface area (Å²) in [4.78, 5) is 12.8. The minimum absolute atomic E-state index is 0.215. The van der Waals surface area contributed by atoms with Gasteiger partial charge in [-0.05, 0) is 55.3 Å². The lowest BCUT2D eigenvalue weighted by atomic mass is 10.2. The third-order valence-corrected chi connectivity index (χ3v) is 4.23. The van der Waals surface area contributed by atoms with Crippen LogP contribution in [0.5, 0.6) is 0 Å². The highest BCUT2D eigenvalue weighted by atomic mass is 16.2. The van der Waals surface area contributed by atoms with Crippen molar-refractivity contribution in [3.05, 3.63) is 77.6 Å². The number of para-hydroxylation sites is 1. The Morgan fingerprint density at radius 1 is 1.12 bits per heavy atom. The van der Waals surface area contributed by atoms with Gasteiger partial charge in [-0.15, -0.1) is 0 Å². The van der Waals surface area contributed by atoms with Gasteiger partial charge in [0.05, 0.1) is 23.0 Å². The Labute approximate surface area is 145 Å². The number of nitriles is 1. The average molecular weight is 328 g/mol. The van der Waals surface area contributed by atoms with E-state index < -0.39 is 0 Å². The van der Waals surface area contributed by atoms with Gasteiger partial charge in [0.2, 0.25) is 0 Å². The molecule has 5 heteroatoms. The molecule has 0 radical (unpaired) electrons. The van der Waals surface area contributed by atoms with Crippen molar-refractivity contribution in [1.82, 2.24) is 9.78 Å². The maximum Gasteiger partial charge on any atom is 0.274 e. The second kappa shape index (κ2) is 6.25. The molecule has 5 nitrogen and oxygen atoms in total. The second-order valence-corrected chi connectivity index (χ2v) is 6.12. The first kappa shape index (κ1) is 15.2. The van der Waals surface area contributed by atoms with E-state index in [9.17, 15) is 4.79 Å². The number of benzene rings is 2. The van der Waals surface area contributed by atoms with Gasteiger partial charge in [0.25, 0.3) is 5.91 Å². The van der Waals surface area contributed by atoms with Crippen LogP contribution in [-0.4, -0.2) is 15.7 Å². The Balaban J connectivity index is 1.66. The van der Waals surface area contributed by atoms with Crippen LogP contribution >= 0.6 is 0 Å². The zero-order chi connectivity index (χ0) is 17.2. The number of aromatic nitrogens is 2. The average Bonchev–Trinajstić information content (AvgIpc) is 3.41. The molecule has 25 heavy (non-hydrogen) atoms. The van der Waals surface area contributed by atoms with Gasteiger partial charge in [0.15, 0.2) is 0 Å². The van der Waals surface area contributed by atoms with E-state index in [-0.39, 0.29) is 5.91 Å².